The van der Waals surface area contributed by atoms with E-state index in [-0.39, 0.29) is 18.1 Å². The van der Waals surface area contributed by atoms with Crippen LogP contribution in [0, 0.1) is 5.82 Å². The van der Waals surface area contributed by atoms with Gasteiger partial charge in [0.15, 0.2) is 11.5 Å². The summed E-state index contributed by atoms with van der Waals surface area (Å²) in [6.07, 6.45) is 1.65. The Hall–Kier alpha value is -3.19. The minimum atomic E-state index is -0.337. The molecule has 0 saturated carbocycles. The number of nitrogens with zero attached hydrogens (tertiary/aromatic N) is 1. The van der Waals surface area contributed by atoms with Gasteiger partial charge in [0, 0.05) is 4.47 Å². The van der Waals surface area contributed by atoms with Gasteiger partial charge in [-0.2, -0.15) is 5.10 Å². The highest BCUT2D eigenvalue weighted by atomic mass is 79.9. The van der Waals surface area contributed by atoms with Gasteiger partial charge in [-0.25, -0.2) is 9.82 Å². The molecule has 0 heterocycles. The Morgan fingerprint density at radius 3 is 2.42 bits per heavy atom. The molecular formula is C24H22BrFN2O3. The van der Waals surface area contributed by atoms with Gasteiger partial charge in [-0.1, -0.05) is 40.2 Å². The Kier molecular flexibility index (Phi) is 8.18. The number of rotatable bonds is 9. The molecule has 0 saturated heterocycles. The van der Waals surface area contributed by atoms with Crippen molar-refractivity contribution in [3.63, 3.8) is 0 Å². The molecule has 3 aromatic rings. The molecule has 160 valence electrons. The monoisotopic (exact) mass is 484 g/mol. The molecule has 0 bridgehead atoms. The first-order valence-corrected chi connectivity index (χ1v) is 10.5. The highest BCUT2D eigenvalue weighted by Crippen LogP contribution is 2.29. The fourth-order valence-electron chi connectivity index (χ4n) is 2.74. The van der Waals surface area contributed by atoms with Crippen LogP contribution in [0.3, 0.4) is 0 Å². The van der Waals surface area contributed by atoms with Gasteiger partial charge >= 0.3 is 0 Å². The van der Waals surface area contributed by atoms with E-state index < -0.39 is 0 Å². The topological polar surface area (TPSA) is 59.9 Å². The lowest BCUT2D eigenvalue weighted by Crippen LogP contribution is -2.19. The number of halogens is 2. The molecular weight excluding hydrogens is 463 g/mol. The number of nitrogens with one attached hydrogen (secondary N) is 1. The zero-order valence-corrected chi connectivity index (χ0v) is 18.6. The first-order chi connectivity index (χ1) is 15.0. The van der Waals surface area contributed by atoms with Gasteiger partial charge < -0.3 is 9.47 Å². The maximum atomic E-state index is 12.9. The second-order valence-corrected chi connectivity index (χ2v) is 7.57. The lowest BCUT2D eigenvalue weighted by molar-refractivity contribution is -0.120. The predicted molar refractivity (Wildman–Crippen MR) is 122 cm³/mol. The van der Waals surface area contributed by atoms with E-state index in [0.29, 0.717) is 30.3 Å². The summed E-state index contributed by atoms with van der Waals surface area (Å²) in [5, 5.41) is 3.99. The number of amides is 1. The standard InChI is InChI=1S/C24H22BrFN2O3/c1-2-30-23-13-19(7-12-22(23)31-16-18-3-8-20(25)9-4-18)15-27-28-24(29)14-17-5-10-21(26)11-6-17/h3-13,15H,2,14,16H2,1H3,(H,28,29)/b27-15+. The third kappa shape index (κ3) is 7.22. The minimum absolute atomic E-state index is 0.116. The summed E-state index contributed by atoms with van der Waals surface area (Å²) in [6.45, 7) is 2.80. The Bertz CT molecular complexity index is 1040. The number of carbonyl (C=O) groups excluding carboxylic acids is 1. The van der Waals surface area contributed by atoms with Gasteiger partial charge in [0.1, 0.15) is 12.4 Å². The summed E-state index contributed by atoms with van der Waals surface area (Å²) in [5.41, 5.74) is 4.97. The Labute approximate surface area is 189 Å². The second-order valence-electron chi connectivity index (χ2n) is 6.65. The molecule has 7 heteroatoms. The van der Waals surface area contributed by atoms with E-state index in [1.165, 1.54) is 18.3 Å². The van der Waals surface area contributed by atoms with E-state index in [1.807, 2.05) is 43.3 Å². The molecule has 1 N–H and O–H groups in total. The quantitative estimate of drug-likeness (QED) is 0.332. The molecule has 31 heavy (non-hydrogen) atoms. The van der Waals surface area contributed by atoms with Crippen molar-refractivity contribution in [2.45, 2.75) is 20.0 Å². The number of carbonyl (C=O) groups is 1. The molecule has 0 aliphatic heterocycles. The van der Waals surface area contributed by atoms with Gasteiger partial charge in [-0.05, 0) is 66.1 Å². The van der Waals surface area contributed by atoms with E-state index in [9.17, 15) is 9.18 Å². The van der Waals surface area contributed by atoms with Crippen LogP contribution in [-0.4, -0.2) is 18.7 Å². The minimum Gasteiger partial charge on any atom is -0.490 e. The summed E-state index contributed by atoms with van der Waals surface area (Å²) in [7, 11) is 0. The molecule has 0 spiro atoms. The molecule has 5 nitrogen and oxygen atoms in total. The zero-order chi connectivity index (χ0) is 22.1. The van der Waals surface area contributed by atoms with E-state index >= 15 is 0 Å². The van der Waals surface area contributed by atoms with Gasteiger partial charge in [-0.3, -0.25) is 4.79 Å². The van der Waals surface area contributed by atoms with Crippen LogP contribution in [0.25, 0.3) is 0 Å². The number of hydrogen-bond acceptors (Lipinski definition) is 4. The summed E-state index contributed by atoms with van der Waals surface area (Å²) in [4.78, 5) is 12.0. The summed E-state index contributed by atoms with van der Waals surface area (Å²) < 4.78 is 25.5. The van der Waals surface area contributed by atoms with Crippen LogP contribution in [-0.2, 0) is 17.8 Å². The smallest absolute Gasteiger partial charge is 0.244 e. The van der Waals surface area contributed by atoms with Crippen LogP contribution in [0.5, 0.6) is 11.5 Å². The van der Waals surface area contributed by atoms with Gasteiger partial charge in [0.2, 0.25) is 5.91 Å². The molecule has 1 amide bonds. The number of benzene rings is 3. The van der Waals surface area contributed by atoms with Gasteiger partial charge in [0.05, 0.1) is 19.2 Å². The third-order valence-corrected chi connectivity index (χ3v) is 4.78. The number of hydrazone groups is 1. The maximum Gasteiger partial charge on any atom is 0.244 e. The van der Waals surface area contributed by atoms with Crippen molar-refractivity contribution in [2.24, 2.45) is 5.10 Å². The molecule has 0 unspecified atom stereocenters. The average molecular weight is 485 g/mol. The normalized spacial score (nSPS) is 10.8. The lowest BCUT2D eigenvalue weighted by Gasteiger charge is -2.12. The molecule has 0 aliphatic rings. The van der Waals surface area contributed by atoms with Crippen molar-refractivity contribution in [2.75, 3.05) is 6.61 Å². The van der Waals surface area contributed by atoms with Crippen LogP contribution < -0.4 is 14.9 Å². The van der Waals surface area contributed by atoms with Crippen molar-refractivity contribution >= 4 is 28.1 Å². The first-order valence-electron chi connectivity index (χ1n) is 9.74. The Morgan fingerprint density at radius 1 is 1.00 bits per heavy atom. The fourth-order valence-corrected chi connectivity index (χ4v) is 3.00. The van der Waals surface area contributed by atoms with Crippen LogP contribution in [0.4, 0.5) is 4.39 Å². The van der Waals surface area contributed by atoms with Crippen molar-refractivity contribution in [3.05, 3.63) is 93.7 Å². The summed E-state index contributed by atoms with van der Waals surface area (Å²) in [6, 6.07) is 19.1. The Balaban J connectivity index is 1.59. The van der Waals surface area contributed by atoms with Gasteiger partial charge in [0.25, 0.3) is 0 Å². The van der Waals surface area contributed by atoms with E-state index in [0.717, 1.165) is 15.6 Å². The van der Waals surface area contributed by atoms with E-state index in [4.69, 9.17) is 9.47 Å². The average Bonchev–Trinajstić information content (AvgIpc) is 2.76. The third-order valence-electron chi connectivity index (χ3n) is 4.26. The van der Waals surface area contributed by atoms with Crippen LogP contribution >= 0.6 is 15.9 Å². The highest BCUT2D eigenvalue weighted by Gasteiger charge is 2.07. The van der Waals surface area contributed by atoms with Crippen LogP contribution in [0.15, 0.2) is 76.3 Å². The molecule has 0 aromatic heterocycles. The first kappa shape index (κ1) is 22.5. The molecule has 0 atom stereocenters. The van der Waals surface area contributed by atoms with Crippen molar-refractivity contribution in [1.29, 1.82) is 0 Å². The zero-order valence-electron chi connectivity index (χ0n) is 17.0. The van der Waals surface area contributed by atoms with Crippen LogP contribution in [0.2, 0.25) is 0 Å². The van der Waals surface area contributed by atoms with Crippen LogP contribution in [0.1, 0.15) is 23.6 Å². The largest absolute Gasteiger partial charge is 0.490 e. The summed E-state index contributed by atoms with van der Waals surface area (Å²) in [5.74, 6) is 0.599. The van der Waals surface area contributed by atoms with E-state index in [2.05, 4.69) is 26.5 Å². The van der Waals surface area contributed by atoms with Crippen molar-refractivity contribution < 1.29 is 18.7 Å². The molecule has 3 aromatic carbocycles. The highest BCUT2D eigenvalue weighted by molar-refractivity contribution is 9.10. The molecule has 0 radical (unpaired) electrons. The Morgan fingerprint density at radius 2 is 1.71 bits per heavy atom. The maximum absolute atomic E-state index is 12.9. The summed E-state index contributed by atoms with van der Waals surface area (Å²) >= 11 is 3.42. The number of hydrogen-bond donors (Lipinski definition) is 1. The van der Waals surface area contributed by atoms with Crippen molar-refractivity contribution in [1.82, 2.24) is 5.43 Å². The van der Waals surface area contributed by atoms with E-state index in [1.54, 1.807) is 18.2 Å². The SMILES string of the molecule is CCOc1cc(/C=N/NC(=O)Cc2ccc(F)cc2)ccc1OCc1ccc(Br)cc1. The molecule has 0 aliphatic carbocycles. The number of ether oxygens (including phenoxy) is 2. The fraction of sp³-hybridized carbons (Fsp3) is 0.167. The van der Waals surface area contributed by atoms with Gasteiger partial charge in [-0.15, -0.1) is 0 Å². The predicted octanol–water partition coefficient (Wildman–Crippen LogP) is 5.26. The lowest BCUT2D eigenvalue weighted by atomic mass is 10.1. The molecule has 0 fully saturated rings. The second kappa shape index (κ2) is 11.3. The van der Waals surface area contributed by atoms with Crippen molar-refractivity contribution in [3.8, 4) is 11.5 Å². The molecule has 3 rings (SSSR count).